The molecule has 0 aromatic carbocycles. The van der Waals surface area contributed by atoms with Gasteiger partial charge in [-0.15, -0.1) is 0 Å². The molecule has 0 spiro atoms. The molecule has 0 aliphatic heterocycles. The first kappa shape index (κ1) is 12.9. The Kier molecular flexibility index (Phi) is 4.34. The Morgan fingerprint density at radius 2 is 1.62 bits per heavy atom. The van der Waals surface area contributed by atoms with Gasteiger partial charge in [-0.25, -0.2) is 8.78 Å². The highest BCUT2D eigenvalue weighted by molar-refractivity contribution is 5.06. The van der Waals surface area contributed by atoms with Crippen LogP contribution in [-0.2, 0) is 0 Å². The van der Waals surface area contributed by atoms with Gasteiger partial charge in [-0.2, -0.15) is 0 Å². The van der Waals surface area contributed by atoms with Crippen molar-refractivity contribution in [2.45, 2.75) is 59.8 Å². The Hall–Kier alpha value is -0.140. The third kappa shape index (κ3) is 3.24. The van der Waals surface area contributed by atoms with Gasteiger partial charge in [-0.05, 0) is 12.3 Å². The van der Waals surface area contributed by atoms with Crippen molar-refractivity contribution in [2.24, 2.45) is 11.3 Å². The second kappa shape index (κ2) is 4.39. The zero-order valence-corrected chi connectivity index (χ0v) is 9.45. The summed E-state index contributed by atoms with van der Waals surface area (Å²) in [7, 11) is 0. The van der Waals surface area contributed by atoms with E-state index in [2.05, 4.69) is 13.8 Å². The molecule has 0 amide bonds. The fraction of sp³-hybridized carbons (Fsp3) is 1.00. The zero-order chi connectivity index (χ0) is 10.7. The molecule has 80 valence electrons. The zero-order valence-electron chi connectivity index (χ0n) is 9.45. The van der Waals surface area contributed by atoms with E-state index in [9.17, 15) is 8.78 Å². The maximum Gasteiger partial charge on any atom is 0.254 e. The fourth-order valence-electron chi connectivity index (χ4n) is 1.32. The van der Waals surface area contributed by atoms with E-state index in [1.54, 1.807) is 6.92 Å². The van der Waals surface area contributed by atoms with Gasteiger partial charge in [0.25, 0.3) is 5.92 Å². The Morgan fingerprint density at radius 3 is 1.85 bits per heavy atom. The quantitative estimate of drug-likeness (QED) is 0.618. The second-order valence-electron chi connectivity index (χ2n) is 4.37. The molecule has 1 unspecified atom stereocenters. The summed E-state index contributed by atoms with van der Waals surface area (Å²) in [6.45, 7) is 9.84. The number of hydrogen-bond donors (Lipinski definition) is 0. The van der Waals surface area contributed by atoms with E-state index in [1.807, 2.05) is 13.8 Å². The van der Waals surface area contributed by atoms with Crippen LogP contribution in [0.2, 0.25) is 0 Å². The molecule has 0 heterocycles. The molecule has 1 atom stereocenters. The van der Waals surface area contributed by atoms with Crippen molar-refractivity contribution in [2.75, 3.05) is 0 Å². The lowest BCUT2D eigenvalue weighted by Gasteiger charge is -2.10. The molecule has 0 bridgehead atoms. The summed E-state index contributed by atoms with van der Waals surface area (Å²) in [5.41, 5.74) is -0.655. The monoisotopic (exact) mass is 192 g/mol. The first-order valence-electron chi connectivity index (χ1n) is 5.25. The minimum Gasteiger partial charge on any atom is -0.206 e. The third-order valence-corrected chi connectivity index (χ3v) is 2.64. The molecule has 2 heteroatoms. The summed E-state index contributed by atoms with van der Waals surface area (Å²) in [4.78, 5) is 0. The Labute approximate surface area is 80.7 Å². The van der Waals surface area contributed by atoms with Crippen molar-refractivity contribution >= 4 is 0 Å². The van der Waals surface area contributed by atoms with E-state index in [4.69, 9.17) is 0 Å². The number of hydrogen-bond acceptors (Lipinski definition) is 0. The van der Waals surface area contributed by atoms with Gasteiger partial charge in [0, 0.05) is 11.8 Å². The number of rotatable bonds is 3. The molecular weight excluding hydrogens is 170 g/mol. The second-order valence-corrected chi connectivity index (χ2v) is 4.37. The maximum absolute atomic E-state index is 12.6. The molecule has 1 aliphatic carbocycles. The molecule has 0 aromatic heterocycles. The van der Waals surface area contributed by atoms with Crippen LogP contribution in [0.15, 0.2) is 0 Å². The van der Waals surface area contributed by atoms with Gasteiger partial charge in [-0.3, -0.25) is 0 Å². The standard InChI is InChI=1S/C9H16F2.C2H6/c1-7(2)4-5-8(3)6-9(8,10)11;1-2/h7H,4-6H2,1-3H3;1-2H3. The van der Waals surface area contributed by atoms with Crippen LogP contribution in [0.4, 0.5) is 8.78 Å². The molecule has 0 nitrogen and oxygen atoms in total. The molecule has 13 heavy (non-hydrogen) atoms. The van der Waals surface area contributed by atoms with Crippen LogP contribution in [0.1, 0.15) is 53.9 Å². The SMILES string of the molecule is CC.CC(C)CCC1(C)CC1(F)F. The van der Waals surface area contributed by atoms with Crippen molar-refractivity contribution in [3.63, 3.8) is 0 Å². The molecule has 1 saturated carbocycles. The smallest absolute Gasteiger partial charge is 0.206 e. The van der Waals surface area contributed by atoms with Crippen molar-refractivity contribution in [3.05, 3.63) is 0 Å². The molecule has 1 rings (SSSR count). The summed E-state index contributed by atoms with van der Waals surface area (Å²) >= 11 is 0. The lowest BCUT2D eigenvalue weighted by Crippen LogP contribution is -2.07. The first-order valence-corrected chi connectivity index (χ1v) is 5.25. The fourth-order valence-corrected chi connectivity index (χ4v) is 1.32. The van der Waals surface area contributed by atoms with E-state index in [-0.39, 0.29) is 6.42 Å². The van der Waals surface area contributed by atoms with Crippen molar-refractivity contribution in [1.29, 1.82) is 0 Å². The van der Waals surface area contributed by atoms with Crippen LogP contribution in [-0.4, -0.2) is 5.92 Å². The van der Waals surface area contributed by atoms with Gasteiger partial charge in [0.05, 0.1) is 0 Å². The highest BCUT2D eigenvalue weighted by atomic mass is 19.3. The highest BCUT2D eigenvalue weighted by Gasteiger charge is 2.66. The molecular formula is C11H22F2. The highest BCUT2D eigenvalue weighted by Crippen LogP contribution is 2.62. The molecule has 1 aliphatic rings. The van der Waals surface area contributed by atoms with Crippen LogP contribution in [0.3, 0.4) is 0 Å². The minimum absolute atomic E-state index is 0.104. The van der Waals surface area contributed by atoms with Gasteiger partial charge in [-0.1, -0.05) is 41.0 Å². The van der Waals surface area contributed by atoms with Gasteiger partial charge >= 0.3 is 0 Å². The van der Waals surface area contributed by atoms with Crippen LogP contribution in [0, 0.1) is 11.3 Å². The Morgan fingerprint density at radius 1 is 1.23 bits per heavy atom. The van der Waals surface area contributed by atoms with E-state index in [1.165, 1.54) is 0 Å². The molecule has 0 radical (unpaired) electrons. The van der Waals surface area contributed by atoms with Crippen LogP contribution in [0.5, 0.6) is 0 Å². The van der Waals surface area contributed by atoms with Gasteiger partial charge in [0.1, 0.15) is 0 Å². The predicted molar refractivity (Wildman–Crippen MR) is 53.1 cm³/mol. The first-order chi connectivity index (χ1) is 5.87. The largest absolute Gasteiger partial charge is 0.254 e. The van der Waals surface area contributed by atoms with Gasteiger partial charge in [0.2, 0.25) is 0 Å². The average molecular weight is 192 g/mol. The minimum atomic E-state index is -2.36. The summed E-state index contributed by atoms with van der Waals surface area (Å²) in [5, 5.41) is 0. The predicted octanol–water partition coefficient (Wildman–Crippen LogP) is 4.49. The van der Waals surface area contributed by atoms with Crippen molar-refractivity contribution in [1.82, 2.24) is 0 Å². The van der Waals surface area contributed by atoms with E-state index >= 15 is 0 Å². The number of alkyl halides is 2. The summed E-state index contributed by atoms with van der Waals surface area (Å²) in [6.07, 6.45) is 1.70. The maximum atomic E-state index is 12.6. The topological polar surface area (TPSA) is 0 Å². The molecule has 0 N–H and O–H groups in total. The molecule has 1 fully saturated rings. The summed E-state index contributed by atoms with van der Waals surface area (Å²) < 4.78 is 25.3. The molecule has 0 aromatic rings. The van der Waals surface area contributed by atoms with E-state index in [0.717, 1.165) is 6.42 Å². The van der Waals surface area contributed by atoms with Crippen LogP contribution in [0.25, 0.3) is 0 Å². The third-order valence-electron chi connectivity index (χ3n) is 2.64. The molecule has 0 saturated heterocycles. The lowest BCUT2D eigenvalue weighted by molar-refractivity contribution is 0.0650. The Balaban J connectivity index is 0.000000671. The Bertz CT molecular complexity index is 152. The number of halogens is 2. The van der Waals surface area contributed by atoms with Crippen molar-refractivity contribution < 1.29 is 8.78 Å². The lowest BCUT2D eigenvalue weighted by atomic mass is 9.97. The average Bonchev–Trinajstić information content (AvgIpc) is 2.53. The summed E-state index contributed by atoms with van der Waals surface area (Å²) in [5.74, 6) is -1.81. The normalized spacial score (nSPS) is 29.5. The van der Waals surface area contributed by atoms with Crippen LogP contribution >= 0.6 is 0 Å². The van der Waals surface area contributed by atoms with Crippen molar-refractivity contribution in [3.8, 4) is 0 Å². The summed E-state index contributed by atoms with van der Waals surface area (Å²) in [6, 6.07) is 0. The van der Waals surface area contributed by atoms with Gasteiger partial charge in [0.15, 0.2) is 0 Å². The van der Waals surface area contributed by atoms with Crippen LogP contribution < -0.4 is 0 Å². The van der Waals surface area contributed by atoms with Gasteiger partial charge < -0.3 is 0 Å². The van der Waals surface area contributed by atoms with E-state index < -0.39 is 11.3 Å². The van der Waals surface area contributed by atoms with E-state index in [0.29, 0.717) is 12.3 Å².